The van der Waals surface area contributed by atoms with Crippen molar-refractivity contribution < 1.29 is 45.3 Å². The average Bonchev–Trinajstić information content (AvgIpc) is 3.44. The van der Waals surface area contributed by atoms with Crippen LogP contribution in [-0.4, -0.2) is 34.7 Å². The summed E-state index contributed by atoms with van der Waals surface area (Å²) in [6, 6.07) is 26.9. The van der Waals surface area contributed by atoms with Gasteiger partial charge >= 0.3 is 0 Å². The van der Waals surface area contributed by atoms with E-state index in [-0.39, 0.29) is 57.9 Å². The molecule has 0 spiro atoms. The summed E-state index contributed by atoms with van der Waals surface area (Å²) in [5, 5.41) is 23.3. The second-order valence-electron chi connectivity index (χ2n) is 27.8. The van der Waals surface area contributed by atoms with Crippen molar-refractivity contribution in [2.75, 3.05) is 0 Å². The van der Waals surface area contributed by atoms with Gasteiger partial charge in [-0.15, -0.1) is 0 Å². The van der Waals surface area contributed by atoms with Crippen molar-refractivity contribution in [1.29, 1.82) is 0 Å². The van der Waals surface area contributed by atoms with Gasteiger partial charge in [0.1, 0.15) is 37.7 Å². The fourth-order valence-electron chi connectivity index (χ4n) is 11.6. The first-order valence-electron chi connectivity index (χ1n) is 30.5. The molecule has 4 aromatic heterocycles. The SMILES string of the molecule is Cc1cc(C(CCC[n+]2ccc(C(C)(C)C)cc2)CCC[n+]2ccc(C(C)(C)C)cc2)cc(C=NC2CCCCC2N=Cc2cc(C(CCC[n+]3ccc(C(C)(C)C)cc3)CCC[n+]3ccc(C(C)(C)C)cc3)cc(C)c2O)c1O.[CH3-].[Co]. The Hall–Kier alpha value is -5.51. The number of hydrogen-bond donors (Lipinski definition) is 2. The van der Waals surface area contributed by atoms with Crippen LogP contribution in [0.15, 0.2) is 132 Å². The Labute approximate surface area is 507 Å². The quantitative estimate of drug-likeness (QED) is 0.0403. The molecule has 445 valence electrons. The van der Waals surface area contributed by atoms with Gasteiger partial charge in [-0.25, -0.2) is 18.3 Å². The van der Waals surface area contributed by atoms with E-state index in [1.807, 2.05) is 26.3 Å². The number of benzene rings is 2. The second-order valence-corrected chi connectivity index (χ2v) is 27.8. The van der Waals surface area contributed by atoms with Gasteiger partial charge in [0.2, 0.25) is 0 Å². The van der Waals surface area contributed by atoms with Crippen LogP contribution < -0.4 is 18.3 Å². The maximum Gasteiger partial charge on any atom is 0.169 e. The van der Waals surface area contributed by atoms with E-state index in [4.69, 9.17) is 9.98 Å². The van der Waals surface area contributed by atoms with E-state index in [1.54, 1.807) is 0 Å². The normalized spacial score (nSPS) is 15.4. The summed E-state index contributed by atoms with van der Waals surface area (Å²) in [4.78, 5) is 10.5. The van der Waals surface area contributed by atoms with Crippen LogP contribution in [0.2, 0.25) is 0 Å². The summed E-state index contributed by atoms with van der Waals surface area (Å²) in [5.74, 6) is 1.27. The minimum absolute atomic E-state index is 0. The fourth-order valence-corrected chi connectivity index (χ4v) is 11.6. The molecule has 2 aromatic carbocycles. The summed E-state index contributed by atoms with van der Waals surface area (Å²) < 4.78 is 9.29. The molecule has 2 atom stereocenters. The Morgan fingerprint density at radius 1 is 0.439 bits per heavy atom. The van der Waals surface area contributed by atoms with Gasteiger partial charge in [-0.2, -0.15) is 0 Å². The molecule has 1 saturated carbocycles. The van der Waals surface area contributed by atoms with E-state index in [0.717, 1.165) is 125 Å². The molecule has 82 heavy (non-hydrogen) atoms. The van der Waals surface area contributed by atoms with Crippen molar-refractivity contribution >= 4 is 12.4 Å². The smallest absolute Gasteiger partial charge is 0.169 e. The fraction of sp³-hybridized carbons (Fsp3) is 0.521. The average molecular weight is 1160 g/mol. The van der Waals surface area contributed by atoms with Gasteiger partial charge in [0.25, 0.3) is 0 Å². The molecular formula is C73H105CoN6O2+3. The summed E-state index contributed by atoms with van der Waals surface area (Å²) in [7, 11) is 0. The van der Waals surface area contributed by atoms with E-state index >= 15 is 0 Å². The Morgan fingerprint density at radius 2 is 0.683 bits per heavy atom. The summed E-state index contributed by atoms with van der Waals surface area (Å²) in [6.07, 6.45) is 34.2. The van der Waals surface area contributed by atoms with E-state index in [9.17, 15) is 10.2 Å². The summed E-state index contributed by atoms with van der Waals surface area (Å²) in [5.41, 5.74) is 11.8. The van der Waals surface area contributed by atoms with Crippen molar-refractivity contribution in [1.82, 2.24) is 0 Å². The molecule has 0 saturated heterocycles. The van der Waals surface area contributed by atoms with Gasteiger partial charge in [-0.1, -0.05) is 108 Å². The number of phenols is 2. The standard InChI is InChI=1S/C72H100N6O2.CH3.Co/c1-53-47-57(55(21-17-35-75-39-27-61(28-40-75)69(3,4)5)22-18-36-76-41-29-62(30-42-76)70(6,7)8)49-59(67(53)79)51-73-65-25-15-16-26-66(65)74-52-60-50-58(48-54(2)68(60)80)56(23-19-37-77-43-31-63(32-44-77)71(9,10)11)24-20-38-78-45-33-64(34-46-78)72(12,13)14;;/h27-34,39-52,55-56,65-66H,15-26,35-38H2,1-14H3;1H3;/q+2;-1;/p+2. The van der Waals surface area contributed by atoms with E-state index in [1.165, 1.54) is 33.4 Å². The molecule has 2 unspecified atom stereocenters. The van der Waals surface area contributed by atoms with Gasteiger partial charge < -0.3 is 17.6 Å². The predicted molar refractivity (Wildman–Crippen MR) is 337 cm³/mol. The first-order valence-corrected chi connectivity index (χ1v) is 30.5. The summed E-state index contributed by atoms with van der Waals surface area (Å²) in [6.45, 7) is 35.1. The molecule has 9 heteroatoms. The third-order valence-electron chi connectivity index (χ3n) is 17.1. The van der Waals surface area contributed by atoms with Crippen LogP contribution in [-0.2, 0) is 64.6 Å². The topological polar surface area (TPSA) is 80.7 Å². The molecular weight excluding hydrogens is 1050 g/mol. The van der Waals surface area contributed by atoms with Gasteiger partial charge in [0, 0.05) is 115 Å². The molecule has 6 aromatic rings. The second kappa shape index (κ2) is 29.8. The van der Waals surface area contributed by atoms with Gasteiger partial charge in [-0.3, -0.25) is 9.98 Å². The number of pyridine rings is 4. The number of aliphatic imine (C=N–C) groups is 2. The number of aromatic nitrogens is 4. The molecule has 1 aliphatic rings. The van der Waals surface area contributed by atoms with Crippen LogP contribution in [0.4, 0.5) is 0 Å². The van der Waals surface area contributed by atoms with E-state index < -0.39 is 0 Å². The molecule has 1 fully saturated rings. The number of hydrogen-bond acceptors (Lipinski definition) is 4. The van der Waals surface area contributed by atoms with Crippen molar-refractivity contribution in [3.8, 4) is 11.5 Å². The number of aryl methyl sites for hydroxylation is 6. The minimum atomic E-state index is -0.0216. The van der Waals surface area contributed by atoms with Crippen LogP contribution in [0, 0.1) is 21.3 Å². The van der Waals surface area contributed by atoms with E-state index in [0.29, 0.717) is 23.3 Å². The predicted octanol–water partition coefficient (Wildman–Crippen LogP) is 15.4. The third-order valence-corrected chi connectivity index (χ3v) is 17.1. The molecule has 1 radical (unpaired) electrons. The molecule has 1 aliphatic carbocycles. The maximum atomic E-state index is 11.6. The van der Waals surface area contributed by atoms with Crippen LogP contribution in [0.1, 0.15) is 228 Å². The minimum Gasteiger partial charge on any atom is -0.507 e. The van der Waals surface area contributed by atoms with E-state index in [2.05, 4.69) is 224 Å². The monoisotopic (exact) mass is 1160 g/mol. The molecule has 0 amide bonds. The van der Waals surface area contributed by atoms with Crippen molar-refractivity contribution in [2.45, 2.75) is 246 Å². The Balaban J connectivity index is 0.00000616. The van der Waals surface area contributed by atoms with Crippen LogP contribution in [0.3, 0.4) is 0 Å². The van der Waals surface area contributed by atoms with Crippen LogP contribution in [0.5, 0.6) is 11.5 Å². The number of phenolic OH excluding ortho intramolecular Hbond substituents is 2. The third kappa shape index (κ3) is 19.5. The Kier molecular flexibility index (Phi) is 24.5. The maximum absolute atomic E-state index is 11.6. The first kappa shape index (κ1) is 67.3. The zero-order chi connectivity index (χ0) is 57.8. The van der Waals surface area contributed by atoms with Crippen molar-refractivity contribution in [3.63, 3.8) is 0 Å². The largest absolute Gasteiger partial charge is 0.507 e. The van der Waals surface area contributed by atoms with Gasteiger partial charge in [0.05, 0.1) is 12.1 Å². The van der Waals surface area contributed by atoms with Crippen molar-refractivity contribution in [3.05, 3.63) is 185 Å². The Morgan fingerprint density at radius 3 is 0.915 bits per heavy atom. The molecule has 8 nitrogen and oxygen atoms in total. The number of rotatable bonds is 22. The zero-order valence-electron chi connectivity index (χ0n) is 53.2. The zero-order valence-corrected chi connectivity index (χ0v) is 54.3. The van der Waals surface area contributed by atoms with Crippen LogP contribution in [0.25, 0.3) is 0 Å². The molecule has 4 heterocycles. The first-order chi connectivity index (χ1) is 37.8. The molecule has 2 N–H and O–H groups in total. The van der Waals surface area contributed by atoms with Gasteiger partial charge in [0.15, 0.2) is 49.6 Å². The summed E-state index contributed by atoms with van der Waals surface area (Å²) >= 11 is 0. The molecule has 0 aliphatic heterocycles. The van der Waals surface area contributed by atoms with Crippen LogP contribution >= 0.6 is 0 Å². The molecule has 7 rings (SSSR count). The van der Waals surface area contributed by atoms with Crippen molar-refractivity contribution in [2.24, 2.45) is 9.98 Å². The van der Waals surface area contributed by atoms with Gasteiger partial charge in [-0.05, 0) is 143 Å². The Bertz CT molecular complexity index is 2640. The number of nitrogens with zero attached hydrogens (tertiary/aromatic N) is 6. The molecule has 0 bridgehead atoms. The number of aromatic hydroxyl groups is 2.